The lowest BCUT2D eigenvalue weighted by molar-refractivity contribution is -0.161. The van der Waals surface area contributed by atoms with Crippen molar-refractivity contribution in [3.8, 4) is 0 Å². The van der Waals surface area contributed by atoms with Crippen LogP contribution in [0, 0.1) is 5.92 Å². The lowest BCUT2D eigenvalue weighted by Gasteiger charge is -2.31. The van der Waals surface area contributed by atoms with Crippen LogP contribution in [0.25, 0.3) is 0 Å². The Labute approximate surface area is 154 Å². The van der Waals surface area contributed by atoms with E-state index in [0.717, 1.165) is 11.8 Å². The Hall–Kier alpha value is -2.21. The van der Waals surface area contributed by atoms with Crippen LogP contribution < -0.4 is 5.32 Å². The molecule has 6 heteroatoms. The zero-order valence-corrected chi connectivity index (χ0v) is 15.9. The summed E-state index contributed by atoms with van der Waals surface area (Å²) in [5.41, 5.74) is 0.447. The number of rotatable bonds is 6. The molecular weight excluding hydrogens is 332 g/mol. The van der Waals surface area contributed by atoms with Crippen molar-refractivity contribution in [3.63, 3.8) is 0 Å². The molecule has 0 bridgehead atoms. The average Bonchev–Trinajstić information content (AvgIpc) is 2.90. The number of hydrogen-bond donors (Lipinski definition) is 1. The Morgan fingerprint density at radius 2 is 1.92 bits per heavy atom. The fourth-order valence-electron chi connectivity index (χ4n) is 3.31. The molecule has 1 aliphatic rings. The molecular formula is C20H28N2O4. The van der Waals surface area contributed by atoms with Gasteiger partial charge < -0.3 is 14.8 Å². The van der Waals surface area contributed by atoms with Gasteiger partial charge in [0.15, 0.2) is 0 Å². The Bertz CT molecular complexity index is 639. The first-order valence-corrected chi connectivity index (χ1v) is 8.93. The smallest absolute Gasteiger partial charge is 0.323 e. The largest absolute Gasteiger partial charge is 0.459 e. The van der Waals surface area contributed by atoms with Crippen LogP contribution in [0.5, 0.6) is 0 Å². The number of hydrogen-bond acceptors (Lipinski definition) is 5. The van der Waals surface area contributed by atoms with Crippen LogP contribution in [0.1, 0.15) is 39.7 Å². The van der Waals surface area contributed by atoms with E-state index >= 15 is 0 Å². The lowest BCUT2D eigenvalue weighted by atomic mass is 10.0. The molecule has 26 heavy (non-hydrogen) atoms. The van der Waals surface area contributed by atoms with Gasteiger partial charge >= 0.3 is 5.97 Å². The Morgan fingerprint density at radius 1 is 1.27 bits per heavy atom. The van der Waals surface area contributed by atoms with E-state index in [0.29, 0.717) is 19.5 Å². The molecule has 142 valence electrons. The molecule has 0 radical (unpaired) electrons. The van der Waals surface area contributed by atoms with E-state index in [1.54, 1.807) is 0 Å². The third-order valence-electron chi connectivity index (χ3n) is 4.44. The van der Waals surface area contributed by atoms with Gasteiger partial charge in [-0.2, -0.15) is 0 Å². The fraction of sp³-hybridized carbons (Fsp3) is 0.550. The van der Waals surface area contributed by atoms with Crippen LogP contribution in [-0.4, -0.2) is 47.3 Å². The van der Waals surface area contributed by atoms with Gasteiger partial charge in [-0.15, -0.1) is 0 Å². The molecule has 1 N–H and O–H groups in total. The summed E-state index contributed by atoms with van der Waals surface area (Å²) in [6.07, 6.45) is 1.28. The molecule has 1 aliphatic heterocycles. The van der Waals surface area contributed by atoms with Gasteiger partial charge in [0.05, 0.1) is 0 Å². The Balaban J connectivity index is 2.27. The van der Waals surface area contributed by atoms with Gasteiger partial charge in [0.1, 0.15) is 17.9 Å². The number of ether oxygens (including phenoxy) is 1. The van der Waals surface area contributed by atoms with Gasteiger partial charge in [0, 0.05) is 32.0 Å². The number of esters is 1. The molecule has 1 saturated heterocycles. The molecule has 6 nitrogen and oxygen atoms in total. The highest BCUT2D eigenvalue weighted by Crippen LogP contribution is 2.32. The molecule has 0 unspecified atom stereocenters. The number of aldehydes is 1. The van der Waals surface area contributed by atoms with E-state index in [9.17, 15) is 14.4 Å². The summed E-state index contributed by atoms with van der Waals surface area (Å²) in [6.45, 7) is 7.76. The average molecular weight is 360 g/mol. The lowest BCUT2D eigenvalue weighted by Crippen LogP contribution is -2.47. The third kappa shape index (κ3) is 5.39. The minimum Gasteiger partial charge on any atom is -0.459 e. The maximum absolute atomic E-state index is 12.7. The molecule has 0 aliphatic carbocycles. The number of carbonyl (C=O) groups is 3. The molecule has 1 aromatic rings. The summed E-state index contributed by atoms with van der Waals surface area (Å²) in [5.74, 6) is -0.816. The van der Waals surface area contributed by atoms with E-state index in [4.69, 9.17) is 4.74 Å². The molecule has 1 aromatic carbocycles. The van der Waals surface area contributed by atoms with Crippen molar-refractivity contribution in [2.24, 2.45) is 5.92 Å². The molecule has 1 fully saturated rings. The first-order valence-electron chi connectivity index (χ1n) is 8.93. The molecule has 1 heterocycles. The van der Waals surface area contributed by atoms with Gasteiger partial charge in [-0.25, -0.2) is 0 Å². The van der Waals surface area contributed by atoms with E-state index < -0.39 is 11.6 Å². The second-order valence-corrected chi connectivity index (χ2v) is 7.75. The molecule has 3 atom stereocenters. The van der Waals surface area contributed by atoms with Crippen molar-refractivity contribution in [2.75, 3.05) is 6.54 Å². The van der Waals surface area contributed by atoms with Crippen molar-refractivity contribution in [1.29, 1.82) is 0 Å². The zero-order valence-electron chi connectivity index (χ0n) is 15.9. The standard InChI is InChI=1S/C20H28N2O4/c1-14(24)21-11-18-16(13-23)10-17(19(25)26-20(2,3)4)22(18)12-15-8-6-5-7-9-15/h5-9,13,16-18H,10-12H2,1-4H3,(H,21,24)/t16-,17+,18-/m0/s1. The summed E-state index contributed by atoms with van der Waals surface area (Å²) >= 11 is 0. The third-order valence-corrected chi connectivity index (χ3v) is 4.44. The van der Waals surface area contributed by atoms with E-state index in [2.05, 4.69) is 5.32 Å². The minimum absolute atomic E-state index is 0.157. The van der Waals surface area contributed by atoms with E-state index in [-0.39, 0.29) is 23.8 Å². The van der Waals surface area contributed by atoms with Crippen LogP contribution in [0.4, 0.5) is 0 Å². The van der Waals surface area contributed by atoms with Crippen molar-refractivity contribution < 1.29 is 19.1 Å². The predicted molar refractivity (Wildman–Crippen MR) is 98.3 cm³/mol. The highest BCUT2D eigenvalue weighted by atomic mass is 16.6. The Kier molecular flexibility index (Phi) is 6.53. The Morgan fingerprint density at radius 3 is 2.46 bits per heavy atom. The maximum atomic E-state index is 12.7. The summed E-state index contributed by atoms with van der Waals surface area (Å²) < 4.78 is 5.57. The molecule has 1 amide bonds. The van der Waals surface area contributed by atoms with E-state index in [1.807, 2.05) is 56.0 Å². The molecule has 2 rings (SSSR count). The molecule has 0 aromatic heterocycles. The van der Waals surface area contributed by atoms with Gasteiger partial charge in [0.25, 0.3) is 0 Å². The number of benzene rings is 1. The number of likely N-dealkylation sites (tertiary alicyclic amines) is 1. The topological polar surface area (TPSA) is 75.7 Å². The highest BCUT2D eigenvalue weighted by Gasteiger charge is 2.45. The van der Waals surface area contributed by atoms with Gasteiger partial charge in [-0.05, 0) is 32.8 Å². The molecule has 0 saturated carbocycles. The number of carbonyl (C=O) groups excluding carboxylic acids is 3. The van der Waals surface area contributed by atoms with Crippen molar-refractivity contribution in [1.82, 2.24) is 10.2 Å². The zero-order chi connectivity index (χ0) is 19.3. The second kappa shape index (κ2) is 8.45. The summed E-state index contributed by atoms with van der Waals surface area (Å²) in [7, 11) is 0. The monoisotopic (exact) mass is 360 g/mol. The first-order chi connectivity index (χ1) is 12.2. The number of amides is 1. The van der Waals surface area contributed by atoms with Gasteiger partial charge in [-0.1, -0.05) is 30.3 Å². The van der Waals surface area contributed by atoms with Crippen LogP contribution in [0.15, 0.2) is 30.3 Å². The number of nitrogens with zero attached hydrogens (tertiary/aromatic N) is 1. The van der Waals surface area contributed by atoms with Crippen LogP contribution >= 0.6 is 0 Å². The van der Waals surface area contributed by atoms with E-state index in [1.165, 1.54) is 6.92 Å². The van der Waals surface area contributed by atoms with Crippen LogP contribution in [-0.2, 0) is 25.7 Å². The van der Waals surface area contributed by atoms with Crippen LogP contribution in [0.3, 0.4) is 0 Å². The fourth-order valence-corrected chi connectivity index (χ4v) is 3.31. The second-order valence-electron chi connectivity index (χ2n) is 7.75. The summed E-state index contributed by atoms with van der Waals surface area (Å²) in [6, 6.07) is 9.02. The first kappa shape index (κ1) is 20.1. The quantitative estimate of drug-likeness (QED) is 0.620. The SMILES string of the molecule is CC(=O)NC[C@H]1[C@H](C=O)C[C@H](C(=O)OC(C)(C)C)N1Cc1ccccc1. The predicted octanol–water partition coefficient (Wildman–Crippen LogP) is 1.92. The van der Waals surface area contributed by atoms with Crippen molar-refractivity contribution in [2.45, 2.75) is 58.3 Å². The van der Waals surface area contributed by atoms with Crippen molar-refractivity contribution >= 4 is 18.2 Å². The van der Waals surface area contributed by atoms with Crippen LogP contribution in [0.2, 0.25) is 0 Å². The highest BCUT2D eigenvalue weighted by molar-refractivity contribution is 5.78. The summed E-state index contributed by atoms with van der Waals surface area (Å²) in [4.78, 5) is 37.7. The number of nitrogens with one attached hydrogen (secondary N) is 1. The molecule has 0 spiro atoms. The maximum Gasteiger partial charge on any atom is 0.323 e. The van der Waals surface area contributed by atoms with Gasteiger partial charge in [-0.3, -0.25) is 14.5 Å². The normalized spacial score (nSPS) is 23.5. The van der Waals surface area contributed by atoms with Gasteiger partial charge in [0.2, 0.25) is 5.91 Å². The summed E-state index contributed by atoms with van der Waals surface area (Å²) in [5, 5.41) is 2.78. The van der Waals surface area contributed by atoms with Crippen molar-refractivity contribution in [3.05, 3.63) is 35.9 Å². The minimum atomic E-state index is -0.595.